The van der Waals surface area contributed by atoms with Crippen LogP contribution in [0.25, 0.3) is 0 Å². The van der Waals surface area contributed by atoms with Gasteiger partial charge in [0.05, 0.1) is 24.3 Å². The molecule has 0 radical (unpaired) electrons. The van der Waals surface area contributed by atoms with Crippen molar-refractivity contribution in [1.29, 1.82) is 0 Å². The van der Waals surface area contributed by atoms with Gasteiger partial charge in [-0.25, -0.2) is 9.80 Å². The monoisotopic (exact) mass is 542 g/mol. The maximum absolute atomic E-state index is 13.5. The first-order chi connectivity index (χ1) is 18.1. The first kappa shape index (κ1) is 28.7. The molecule has 3 amide bonds. The number of carbonyl (C=O) groups excluding carboxylic acids is 3. The van der Waals surface area contributed by atoms with Crippen molar-refractivity contribution >= 4 is 23.6 Å². The Morgan fingerprint density at radius 3 is 2.41 bits per heavy atom. The molecule has 0 bridgehead atoms. The summed E-state index contributed by atoms with van der Waals surface area (Å²) in [5.74, 6) is 1.26. The normalized spacial score (nSPS) is 20.6. The molecule has 0 aliphatic carbocycles. The number of nitrogens with one attached hydrogen (secondary N) is 1. The van der Waals surface area contributed by atoms with E-state index in [-0.39, 0.29) is 30.0 Å². The number of ether oxygens (including phenoxy) is 3. The van der Waals surface area contributed by atoms with Crippen molar-refractivity contribution in [3.05, 3.63) is 23.3 Å². The second-order valence-corrected chi connectivity index (χ2v) is 12.9. The SMILES string of the molecule is COc1ccc(C2=NN(C3CCN(C(=O)CNC(=O)OC(C)(C)C)CC3)C(=O)C(C)(C)C2)c2c1OC(C)(C)C2. The zero-order valence-corrected chi connectivity index (χ0v) is 24.5. The van der Waals surface area contributed by atoms with E-state index in [9.17, 15) is 14.4 Å². The number of hydrogen-bond acceptors (Lipinski definition) is 7. The summed E-state index contributed by atoms with van der Waals surface area (Å²) in [7, 11) is 1.64. The molecule has 3 aliphatic rings. The van der Waals surface area contributed by atoms with Crippen LogP contribution >= 0.6 is 0 Å². The number of fused-ring (bicyclic) bond motifs is 1. The summed E-state index contributed by atoms with van der Waals surface area (Å²) >= 11 is 0. The highest BCUT2D eigenvalue weighted by Crippen LogP contribution is 2.45. The van der Waals surface area contributed by atoms with E-state index in [1.807, 2.05) is 26.0 Å². The lowest BCUT2D eigenvalue weighted by Crippen LogP contribution is -2.53. The number of methoxy groups -OCH3 is 1. The Morgan fingerprint density at radius 1 is 1.13 bits per heavy atom. The van der Waals surface area contributed by atoms with E-state index < -0.39 is 17.1 Å². The van der Waals surface area contributed by atoms with Crippen LogP contribution in [0.3, 0.4) is 0 Å². The molecule has 1 aromatic carbocycles. The van der Waals surface area contributed by atoms with Crippen LogP contribution in [0.1, 0.15) is 78.9 Å². The van der Waals surface area contributed by atoms with E-state index in [1.54, 1.807) is 37.8 Å². The minimum absolute atomic E-state index is 0.00986. The van der Waals surface area contributed by atoms with Gasteiger partial charge in [-0.05, 0) is 59.6 Å². The molecule has 1 fully saturated rings. The lowest BCUT2D eigenvalue weighted by Gasteiger charge is -2.42. The third-order valence-electron chi connectivity index (χ3n) is 7.31. The number of likely N-dealkylation sites (tertiary alicyclic amines) is 1. The molecule has 4 rings (SSSR count). The lowest BCUT2D eigenvalue weighted by atomic mass is 9.80. The highest BCUT2D eigenvalue weighted by molar-refractivity contribution is 6.07. The first-order valence-corrected chi connectivity index (χ1v) is 13.7. The topological polar surface area (TPSA) is 110 Å². The Morgan fingerprint density at radius 2 is 1.79 bits per heavy atom. The van der Waals surface area contributed by atoms with Gasteiger partial charge in [-0.15, -0.1) is 0 Å². The van der Waals surface area contributed by atoms with Crippen LogP contribution in [0, 0.1) is 5.41 Å². The Balaban J connectivity index is 1.48. The van der Waals surface area contributed by atoms with E-state index in [0.29, 0.717) is 38.1 Å². The van der Waals surface area contributed by atoms with Crippen LogP contribution in [-0.4, -0.2) is 77.5 Å². The zero-order valence-electron chi connectivity index (χ0n) is 24.5. The molecule has 1 aromatic rings. The summed E-state index contributed by atoms with van der Waals surface area (Å²) in [6.07, 6.45) is 1.84. The van der Waals surface area contributed by atoms with Crippen molar-refractivity contribution in [3.8, 4) is 11.5 Å². The second kappa shape index (κ2) is 10.4. The van der Waals surface area contributed by atoms with Crippen molar-refractivity contribution in [1.82, 2.24) is 15.2 Å². The van der Waals surface area contributed by atoms with Gasteiger partial charge in [0, 0.05) is 37.1 Å². The number of hydrogen-bond donors (Lipinski definition) is 1. The molecular formula is C29H42N4O6. The third-order valence-corrected chi connectivity index (χ3v) is 7.31. The summed E-state index contributed by atoms with van der Waals surface area (Å²) in [5.41, 5.74) is 1.30. The second-order valence-electron chi connectivity index (χ2n) is 12.9. The predicted octanol–water partition coefficient (Wildman–Crippen LogP) is 3.89. The molecular weight excluding hydrogens is 500 g/mol. The van der Waals surface area contributed by atoms with E-state index >= 15 is 0 Å². The number of hydrazone groups is 1. The van der Waals surface area contributed by atoms with E-state index in [4.69, 9.17) is 19.3 Å². The summed E-state index contributed by atoms with van der Waals surface area (Å²) < 4.78 is 17.0. The molecule has 0 spiro atoms. The highest BCUT2D eigenvalue weighted by Gasteiger charge is 2.43. The van der Waals surface area contributed by atoms with Gasteiger partial charge in [0.25, 0.3) is 0 Å². The summed E-state index contributed by atoms with van der Waals surface area (Å²) in [4.78, 5) is 39.8. The summed E-state index contributed by atoms with van der Waals surface area (Å²) in [5, 5.41) is 9.10. The van der Waals surface area contributed by atoms with Crippen LogP contribution < -0.4 is 14.8 Å². The van der Waals surface area contributed by atoms with Gasteiger partial charge in [0.1, 0.15) is 17.7 Å². The fourth-order valence-corrected chi connectivity index (χ4v) is 5.41. The van der Waals surface area contributed by atoms with Crippen LogP contribution in [0.5, 0.6) is 11.5 Å². The molecule has 10 nitrogen and oxygen atoms in total. The fourth-order valence-electron chi connectivity index (χ4n) is 5.41. The van der Waals surface area contributed by atoms with E-state index in [2.05, 4.69) is 19.2 Å². The van der Waals surface area contributed by atoms with E-state index in [0.717, 1.165) is 29.0 Å². The molecule has 0 atom stereocenters. The molecule has 1 saturated heterocycles. The first-order valence-electron chi connectivity index (χ1n) is 13.7. The molecule has 3 heterocycles. The fraction of sp³-hybridized carbons (Fsp3) is 0.655. The number of benzene rings is 1. The third kappa shape index (κ3) is 6.31. The maximum Gasteiger partial charge on any atom is 0.408 e. The van der Waals surface area contributed by atoms with Crippen molar-refractivity contribution in [2.75, 3.05) is 26.7 Å². The number of alkyl carbamates (subject to hydrolysis) is 1. The number of amides is 3. The predicted molar refractivity (Wildman–Crippen MR) is 147 cm³/mol. The Bertz CT molecular complexity index is 1170. The van der Waals surface area contributed by atoms with Crippen LogP contribution in [0.2, 0.25) is 0 Å². The van der Waals surface area contributed by atoms with Gasteiger partial charge < -0.3 is 24.4 Å². The standard InChI is InChI=1S/C29H42N4O6/c1-27(2,3)39-26(36)30-17-23(34)32-13-11-18(12-14-32)33-25(35)28(4,5)16-21(31-33)19-9-10-22(37-8)24-20(19)15-29(6,7)38-24/h9-10,18H,11-17H2,1-8H3,(H,30,36). The molecule has 3 aliphatic heterocycles. The summed E-state index contributed by atoms with van der Waals surface area (Å²) in [6.45, 7) is 14.2. The Hall–Kier alpha value is -3.30. The zero-order chi connectivity index (χ0) is 28.8. The highest BCUT2D eigenvalue weighted by atomic mass is 16.6. The van der Waals surface area contributed by atoms with Gasteiger partial charge in [0.15, 0.2) is 11.5 Å². The minimum atomic E-state index is -0.630. The lowest BCUT2D eigenvalue weighted by molar-refractivity contribution is -0.145. The summed E-state index contributed by atoms with van der Waals surface area (Å²) in [6, 6.07) is 3.81. The van der Waals surface area contributed by atoms with E-state index in [1.165, 1.54) is 0 Å². The Kier molecular flexibility index (Phi) is 7.62. The van der Waals surface area contributed by atoms with Crippen molar-refractivity contribution < 1.29 is 28.6 Å². The largest absolute Gasteiger partial charge is 0.493 e. The van der Waals surface area contributed by atoms with Crippen molar-refractivity contribution in [3.63, 3.8) is 0 Å². The molecule has 39 heavy (non-hydrogen) atoms. The number of nitrogens with zero attached hydrogens (tertiary/aromatic N) is 3. The maximum atomic E-state index is 13.5. The van der Waals surface area contributed by atoms with Crippen LogP contribution in [0.15, 0.2) is 17.2 Å². The molecule has 1 N–H and O–H groups in total. The quantitative estimate of drug-likeness (QED) is 0.605. The number of carbonyl (C=O) groups is 3. The molecule has 10 heteroatoms. The van der Waals surface area contributed by atoms with Crippen LogP contribution in [0.4, 0.5) is 4.79 Å². The van der Waals surface area contributed by atoms with Gasteiger partial charge >= 0.3 is 6.09 Å². The van der Waals surface area contributed by atoms with Crippen molar-refractivity contribution in [2.24, 2.45) is 10.5 Å². The van der Waals surface area contributed by atoms with Crippen LogP contribution in [-0.2, 0) is 20.7 Å². The smallest absolute Gasteiger partial charge is 0.408 e. The average Bonchev–Trinajstić information content (AvgIpc) is 3.17. The van der Waals surface area contributed by atoms with Gasteiger partial charge in [-0.3, -0.25) is 9.59 Å². The molecule has 0 unspecified atom stereocenters. The molecule has 0 saturated carbocycles. The number of piperidine rings is 1. The Labute approximate surface area is 231 Å². The molecule has 0 aromatic heterocycles. The minimum Gasteiger partial charge on any atom is -0.493 e. The van der Waals surface area contributed by atoms with Gasteiger partial charge in [-0.2, -0.15) is 5.10 Å². The van der Waals surface area contributed by atoms with Crippen molar-refractivity contribution in [2.45, 2.75) is 91.4 Å². The average molecular weight is 543 g/mol. The number of rotatable bonds is 5. The van der Waals surface area contributed by atoms with Gasteiger partial charge in [0.2, 0.25) is 11.8 Å². The van der Waals surface area contributed by atoms with Gasteiger partial charge in [-0.1, -0.05) is 13.8 Å². The molecule has 214 valence electrons.